The Hall–Kier alpha value is -2.34. The fourth-order valence-corrected chi connectivity index (χ4v) is 3.12. The quantitative estimate of drug-likeness (QED) is 0.664. The lowest BCUT2D eigenvalue weighted by Gasteiger charge is -2.12. The fourth-order valence-electron chi connectivity index (χ4n) is 2.25. The van der Waals surface area contributed by atoms with Crippen LogP contribution in [0.5, 0.6) is 0 Å². The van der Waals surface area contributed by atoms with Crippen molar-refractivity contribution in [1.29, 1.82) is 0 Å². The highest BCUT2D eigenvalue weighted by molar-refractivity contribution is 7.99. The Labute approximate surface area is 157 Å². The summed E-state index contributed by atoms with van der Waals surface area (Å²) < 4.78 is 12.8. The zero-order valence-corrected chi connectivity index (χ0v) is 15.5. The summed E-state index contributed by atoms with van der Waals surface area (Å²) in [5, 5.41) is 5.40. The van der Waals surface area contributed by atoms with Gasteiger partial charge in [0.2, 0.25) is 11.8 Å². The summed E-state index contributed by atoms with van der Waals surface area (Å²) in [7, 11) is 0. The number of thioether (sulfide) groups is 1. The minimum Gasteiger partial charge on any atom is -0.354 e. The Morgan fingerprint density at radius 3 is 2.31 bits per heavy atom. The van der Waals surface area contributed by atoms with Crippen molar-refractivity contribution >= 4 is 23.6 Å². The van der Waals surface area contributed by atoms with Crippen molar-refractivity contribution in [3.05, 3.63) is 71.5 Å². The zero-order valence-electron chi connectivity index (χ0n) is 14.7. The predicted octanol–water partition coefficient (Wildman–Crippen LogP) is 2.92. The van der Waals surface area contributed by atoms with Gasteiger partial charge < -0.3 is 10.6 Å². The summed E-state index contributed by atoms with van der Waals surface area (Å²) in [5.41, 5.74) is 1.93. The first-order valence-corrected chi connectivity index (χ1v) is 9.54. The Morgan fingerprint density at radius 1 is 0.962 bits per heavy atom. The number of hydrogen-bond acceptors (Lipinski definition) is 3. The number of amides is 2. The molecule has 2 aromatic carbocycles. The van der Waals surface area contributed by atoms with Crippen LogP contribution in [0.4, 0.5) is 4.39 Å². The number of carbonyl (C=O) groups excluding carboxylic acids is 2. The van der Waals surface area contributed by atoms with Gasteiger partial charge in [0.25, 0.3) is 0 Å². The van der Waals surface area contributed by atoms with E-state index in [4.69, 9.17) is 0 Å². The molecule has 0 heterocycles. The van der Waals surface area contributed by atoms with E-state index in [1.54, 1.807) is 23.9 Å². The van der Waals surface area contributed by atoms with E-state index < -0.39 is 0 Å². The van der Waals surface area contributed by atoms with Crippen LogP contribution in [0.1, 0.15) is 18.1 Å². The van der Waals surface area contributed by atoms with Crippen molar-refractivity contribution in [2.75, 3.05) is 13.1 Å². The summed E-state index contributed by atoms with van der Waals surface area (Å²) in [5.74, 6) is 0.260. The third kappa shape index (κ3) is 7.27. The molecule has 6 heteroatoms. The van der Waals surface area contributed by atoms with Crippen LogP contribution in [-0.4, -0.2) is 30.2 Å². The molecule has 0 saturated heterocycles. The first-order valence-electron chi connectivity index (χ1n) is 8.49. The summed E-state index contributed by atoms with van der Waals surface area (Å²) in [6, 6.07) is 15.8. The molecule has 0 aliphatic rings. The smallest absolute Gasteiger partial charge is 0.232 e. The van der Waals surface area contributed by atoms with E-state index in [0.717, 1.165) is 11.3 Å². The molecule has 0 bridgehead atoms. The van der Waals surface area contributed by atoms with Crippen molar-refractivity contribution in [3.63, 3.8) is 0 Å². The average molecular weight is 374 g/mol. The Kier molecular flexibility index (Phi) is 8.15. The number of nitrogens with one attached hydrogen (secondary N) is 2. The van der Waals surface area contributed by atoms with Crippen LogP contribution in [-0.2, 0) is 21.8 Å². The first kappa shape index (κ1) is 20.0. The molecule has 2 rings (SSSR count). The van der Waals surface area contributed by atoms with Gasteiger partial charge in [-0.3, -0.25) is 9.59 Å². The van der Waals surface area contributed by atoms with E-state index >= 15 is 0 Å². The van der Waals surface area contributed by atoms with Gasteiger partial charge in [0.15, 0.2) is 0 Å². The van der Waals surface area contributed by atoms with E-state index in [2.05, 4.69) is 10.6 Å². The van der Waals surface area contributed by atoms with Gasteiger partial charge in [-0.15, -0.1) is 11.8 Å². The number of rotatable bonds is 9. The minimum absolute atomic E-state index is 0.0429. The molecule has 0 spiro atoms. The predicted molar refractivity (Wildman–Crippen MR) is 103 cm³/mol. The van der Waals surface area contributed by atoms with E-state index in [-0.39, 0.29) is 29.3 Å². The fraction of sp³-hybridized carbons (Fsp3) is 0.300. The van der Waals surface area contributed by atoms with Crippen molar-refractivity contribution in [3.8, 4) is 0 Å². The minimum atomic E-state index is -0.323. The highest BCUT2D eigenvalue weighted by Gasteiger charge is 2.12. The molecular formula is C20H23FN2O2S. The molecule has 0 radical (unpaired) electrons. The topological polar surface area (TPSA) is 58.2 Å². The first-order chi connectivity index (χ1) is 12.5. The summed E-state index contributed by atoms with van der Waals surface area (Å²) in [4.78, 5) is 23.9. The number of carbonyl (C=O) groups is 2. The van der Waals surface area contributed by atoms with Gasteiger partial charge >= 0.3 is 0 Å². The molecule has 0 saturated carbocycles. The van der Waals surface area contributed by atoms with Crippen molar-refractivity contribution in [2.24, 2.45) is 0 Å². The molecule has 0 aliphatic carbocycles. The van der Waals surface area contributed by atoms with E-state index in [9.17, 15) is 14.0 Å². The Bertz CT molecular complexity index is 708. The molecule has 1 unspecified atom stereocenters. The second-order valence-electron chi connectivity index (χ2n) is 5.88. The van der Waals surface area contributed by atoms with Crippen LogP contribution >= 0.6 is 11.8 Å². The third-order valence-corrected chi connectivity index (χ3v) is 4.95. The molecule has 0 aliphatic heterocycles. The highest BCUT2D eigenvalue weighted by atomic mass is 32.2. The number of benzene rings is 2. The van der Waals surface area contributed by atoms with Crippen LogP contribution in [0.3, 0.4) is 0 Å². The maximum atomic E-state index is 12.8. The van der Waals surface area contributed by atoms with Gasteiger partial charge in [0.1, 0.15) is 5.82 Å². The second-order valence-corrected chi connectivity index (χ2v) is 7.21. The van der Waals surface area contributed by atoms with Crippen LogP contribution < -0.4 is 10.6 Å². The van der Waals surface area contributed by atoms with Crippen molar-refractivity contribution in [2.45, 2.75) is 24.3 Å². The Morgan fingerprint density at radius 2 is 1.62 bits per heavy atom. The number of halogens is 1. The summed E-state index contributed by atoms with van der Waals surface area (Å²) in [6.07, 6.45) is 0.192. The van der Waals surface area contributed by atoms with Crippen molar-refractivity contribution in [1.82, 2.24) is 10.6 Å². The van der Waals surface area contributed by atoms with E-state index in [1.807, 2.05) is 37.3 Å². The Balaban J connectivity index is 1.60. The van der Waals surface area contributed by atoms with Crippen LogP contribution in [0.25, 0.3) is 0 Å². The molecule has 0 aromatic heterocycles. The maximum absolute atomic E-state index is 12.8. The van der Waals surface area contributed by atoms with E-state index in [1.165, 1.54) is 17.7 Å². The molecule has 2 N–H and O–H groups in total. The number of hydrogen-bond donors (Lipinski definition) is 2. The molecule has 1 atom stereocenters. The lowest BCUT2D eigenvalue weighted by Crippen LogP contribution is -2.38. The van der Waals surface area contributed by atoms with Crippen LogP contribution in [0.2, 0.25) is 0 Å². The molecule has 0 fully saturated rings. The van der Waals surface area contributed by atoms with Crippen LogP contribution in [0.15, 0.2) is 54.6 Å². The highest BCUT2D eigenvalue weighted by Crippen LogP contribution is 2.17. The maximum Gasteiger partial charge on any atom is 0.232 e. The molecule has 26 heavy (non-hydrogen) atoms. The van der Waals surface area contributed by atoms with Gasteiger partial charge in [-0.2, -0.15) is 0 Å². The zero-order chi connectivity index (χ0) is 18.8. The van der Waals surface area contributed by atoms with Gasteiger partial charge in [-0.25, -0.2) is 4.39 Å². The lowest BCUT2D eigenvalue weighted by molar-refractivity contribution is -0.122. The van der Waals surface area contributed by atoms with Gasteiger partial charge in [-0.1, -0.05) is 42.5 Å². The second kappa shape index (κ2) is 10.6. The largest absolute Gasteiger partial charge is 0.354 e. The van der Waals surface area contributed by atoms with E-state index in [0.29, 0.717) is 13.1 Å². The molecule has 4 nitrogen and oxygen atoms in total. The molecule has 138 valence electrons. The standard InChI is InChI=1S/C20H23FN2O2S/c1-15(26-14-17-5-3-2-4-6-17)20(25)23-12-11-22-19(24)13-16-7-9-18(21)10-8-16/h2-10,15H,11-14H2,1H3,(H,22,24)(H,23,25). The molecule has 2 amide bonds. The normalized spacial score (nSPS) is 11.6. The monoisotopic (exact) mass is 374 g/mol. The van der Waals surface area contributed by atoms with Gasteiger partial charge in [0, 0.05) is 18.8 Å². The van der Waals surface area contributed by atoms with Gasteiger partial charge in [0.05, 0.1) is 11.7 Å². The average Bonchev–Trinajstić information content (AvgIpc) is 2.65. The summed E-state index contributed by atoms with van der Waals surface area (Å²) >= 11 is 1.57. The lowest BCUT2D eigenvalue weighted by atomic mass is 10.1. The van der Waals surface area contributed by atoms with Crippen LogP contribution in [0, 0.1) is 5.82 Å². The van der Waals surface area contributed by atoms with Gasteiger partial charge in [-0.05, 0) is 30.2 Å². The molecular weight excluding hydrogens is 351 g/mol. The molecule has 2 aromatic rings. The van der Waals surface area contributed by atoms with Crippen molar-refractivity contribution < 1.29 is 14.0 Å². The third-order valence-electron chi connectivity index (χ3n) is 3.74. The summed E-state index contributed by atoms with van der Waals surface area (Å²) in [6.45, 7) is 2.61. The SMILES string of the molecule is CC(SCc1ccccc1)C(=O)NCCNC(=O)Cc1ccc(F)cc1.